The quantitative estimate of drug-likeness (QED) is 0.808. The molecule has 0 unspecified atom stereocenters. The normalized spacial score (nSPS) is 9.88. The highest BCUT2D eigenvalue weighted by molar-refractivity contribution is 5.43. The fourth-order valence-electron chi connectivity index (χ4n) is 1.41. The minimum Gasteiger partial charge on any atom is -0.490 e. The van der Waals surface area contributed by atoms with Crippen LogP contribution in [0.4, 0.5) is 4.39 Å². The van der Waals surface area contributed by atoms with Crippen molar-refractivity contribution in [2.45, 2.75) is 6.54 Å². The van der Waals surface area contributed by atoms with E-state index >= 15 is 0 Å². The van der Waals surface area contributed by atoms with E-state index in [1.165, 1.54) is 12.1 Å². The number of nitriles is 1. The van der Waals surface area contributed by atoms with Crippen molar-refractivity contribution in [2.24, 2.45) is 0 Å². The molecule has 0 aliphatic rings. The first-order chi connectivity index (χ1) is 8.31. The van der Waals surface area contributed by atoms with Gasteiger partial charge in [-0.3, -0.25) is 0 Å². The summed E-state index contributed by atoms with van der Waals surface area (Å²) in [6.45, 7) is 0.954. The molecule has 0 saturated carbocycles. The Balaban J connectivity index is 2.00. The molecular formula is C12H10FN3O. The van der Waals surface area contributed by atoms with Crippen molar-refractivity contribution in [1.29, 1.82) is 5.26 Å². The fraction of sp³-hybridized carbons (Fsp3) is 0.167. The van der Waals surface area contributed by atoms with Gasteiger partial charge in [-0.1, -0.05) is 6.07 Å². The lowest BCUT2D eigenvalue weighted by molar-refractivity contribution is 0.296. The molecule has 1 heterocycles. The lowest BCUT2D eigenvalue weighted by Gasteiger charge is -2.08. The van der Waals surface area contributed by atoms with Crippen LogP contribution in [0.25, 0.3) is 0 Å². The third-order valence-corrected chi connectivity index (χ3v) is 2.25. The smallest absolute Gasteiger partial charge is 0.144 e. The van der Waals surface area contributed by atoms with Gasteiger partial charge in [0.05, 0.1) is 12.9 Å². The third-order valence-electron chi connectivity index (χ3n) is 2.25. The number of rotatable bonds is 4. The average Bonchev–Trinajstić information content (AvgIpc) is 2.82. The van der Waals surface area contributed by atoms with E-state index in [1.54, 1.807) is 30.9 Å². The van der Waals surface area contributed by atoms with Gasteiger partial charge in [-0.2, -0.15) is 5.26 Å². The molecule has 1 aromatic heterocycles. The zero-order valence-electron chi connectivity index (χ0n) is 9.01. The summed E-state index contributed by atoms with van der Waals surface area (Å²) in [7, 11) is 0. The number of nitrogens with zero attached hydrogens (tertiary/aromatic N) is 3. The first-order valence-electron chi connectivity index (χ1n) is 5.08. The molecule has 0 N–H and O–H groups in total. The molecule has 2 aromatic rings. The van der Waals surface area contributed by atoms with Crippen molar-refractivity contribution < 1.29 is 9.13 Å². The Kier molecular flexibility index (Phi) is 3.36. The summed E-state index contributed by atoms with van der Waals surface area (Å²) >= 11 is 0. The maximum atomic E-state index is 13.2. The largest absolute Gasteiger partial charge is 0.490 e. The third kappa shape index (κ3) is 2.61. The molecule has 17 heavy (non-hydrogen) atoms. The Labute approximate surface area is 97.9 Å². The van der Waals surface area contributed by atoms with Gasteiger partial charge in [-0.05, 0) is 12.1 Å². The van der Waals surface area contributed by atoms with Crippen LogP contribution in [-0.2, 0) is 6.54 Å². The predicted molar refractivity (Wildman–Crippen MR) is 58.8 cm³/mol. The van der Waals surface area contributed by atoms with Gasteiger partial charge < -0.3 is 9.30 Å². The van der Waals surface area contributed by atoms with Gasteiger partial charge in [0, 0.05) is 12.4 Å². The zero-order valence-corrected chi connectivity index (χ0v) is 9.01. The first kappa shape index (κ1) is 11.1. The standard InChI is InChI=1S/C12H10FN3O/c13-11-2-1-3-12(10(11)8-14)17-7-6-16-5-4-15-9-16/h1-5,9H,6-7H2. The second-order valence-electron chi connectivity index (χ2n) is 3.37. The number of imidazole rings is 1. The van der Waals surface area contributed by atoms with Crippen LogP contribution < -0.4 is 4.74 Å². The Morgan fingerprint density at radius 3 is 3.06 bits per heavy atom. The number of halogens is 1. The molecule has 0 aliphatic carbocycles. The number of aromatic nitrogens is 2. The lowest BCUT2D eigenvalue weighted by Crippen LogP contribution is -2.07. The maximum absolute atomic E-state index is 13.2. The molecule has 0 saturated heterocycles. The van der Waals surface area contributed by atoms with Crippen LogP contribution in [0.3, 0.4) is 0 Å². The molecular weight excluding hydrogens is 221 g/mol. The molecule has 1 aromatic carbocycles. The lowest BCUT2D eigenvalue weighted by atomic mass is 10.2. The zero-order chi connectivity index (χ0) is 12.1. The number of benzene rings is 1. The monoisotopic (exact) mass is 231 g/mol. The SMILES string of the molecule is N#Cc1c(F)cccc1OCCn1ccnc1. The van der Waals surface area contributed by atoms with E-state index in [1.807, 2.05) is 4.57 Å². The van der Waals surface area contributed by atoms with Gasteiger partial charge in [0.15, 0.2) is 0 Å². The van der Waals surface area contributed by atoms with Crippen molar-refractivity contribution in [1.82, 2.24) is 9.55 Å². The van der Waals surface area contributed by atoms with E-state index < -0.39 is 5.82 Å². The van der Waals surface area contributed by atoms with Crippen LogP contribution in [0.1, 0.15) is 5.56 Å². The summed E-state index contributed by atoms with van der Waals surface area (Å²) in [6, 6.07) is 6.12. The topological polar surface area (TPSA) is 50.8 Å². The highest BCUT2D eigenvalue weighted by atomic mass is 19.1. The second-order valence-corrected chi connectivity index (χ2v) is 3.37. The molecule has 2 rings (SSSR count). The summed E-state index contributed by atoms with van der Waals surface area (Å²) in [5.74, 6) is -0.291. The molecule has 86 valence electrons. The highest BCUT2D eigenvalue weighted by Crippen LogP contribution is 2.20. The van der Waals surface area contributed by atoms with E-state index in [0.29, 0.717) is 13.2 Å². The Bertz CT molecular complexity index is 531. The number of hydrogen-bond donors (Lipinski definition) is 0. The Morgan fingerprint density at radius 1 is 1.47 bits per heavy atom. The molecule has 5 heteroatoms. The van der Waals surface area contributed by atoms with Gasteiger partial charge in [0.25, 0.3) is 0 Å². The molecule has 0 aliphatic heterocycles. The van der Waals surface area contributed by atoms with Crippen LogP contribution in [0.15, 0.2) is 36.9 Å². The molecule has 0 amide bonds. The second kappa shape index (κ2) is 5.12. The molecule has 0 bridgehead atoms. The molecule has 0 spiro atoms. The Morgan fingerprint density at radius 2 is 2.35 bits per heavy atom. The van der Waals surface area contributed by atoms with Crippen LogP contribution in [0, 0.1) is 17.1 Å². The first-order valence-corrected chi connectivity index (χ1v) is 5.08. The van der Waals surface area contributed by atoms with E-state index in [0.717, 1.165) is 0 Å². The summed E-state index contributed by atoms with van der Waals surface area (Å²) in [5.41, 5.74) is -0.0573. The molecule has 0 radical (unpaired) electrons. The van der Waals surface area contributed by atoms with Gasteiger partial charge in [0.1, 0.15) is 29.8 Å². The highest BCUT2D eigenvalue weighted by Gasteiger charge is 2.08. The maximum Gasteiger partial charge on any atom is 0.144 e. The van der Waals surface area contributed by atoms with Crippen molar-refractivity contribution in [3.8, 4) is 11.8 Å². The Hall–Kier alpha value is -2.35. The van der Waals surface area contributed by atoms with Crippen molar-refractivity contribution in [2.75, 3.05) is 6.61 Å². The van der Waals surface area contributed by atoms with Crippen LogP contribution >= 0.6 is 0 Å². The van der Waals surface area contributed by atoms with Gasteiger partial charge >= 0.3 is 0 Å². The molecule has 0 fully saturated rings. The summed E-state index contributed by atoms with van der Waals surface area (Å²) in [5, 5.41) is 8.80. The van der Waals surface area contributed by atoms with E-state index in [2.05, 4.69) is 4.98 Å². The van der Waals surface area contributed by atoms with Gasteiger partial charge in [-0.15, -0.1) is 0 Å². The van der Waals surface area contributed by atoms with Crippen molar-refractivity contribution in [3.05, 3.63) is 48.3 Å². The van der Waals surface area contributed by atoms with Crippen LogP contribution in [-0.4, -0.2) is 16.2 Å². The van der Waals surface area contributed by atoms with Crippen molar-refractivity contribution in [3.63, 3.8) is 0 Å². The average molecular weight is 231 g/mol. The van der Waals surface area contributed by atoms with E-state index in [4.69, 9.17) is 10.00 Å². The number of ether oxygens (including phenoxy) is 1. The van der Waals surface area contributed by atoms with Gasteiger partial charge in [0.2, 0.25) is 0 Å². The summed E-state index contributed by atoms with van der Waals surface area (Å²) in [6.07, 6.45) is 5.14. The predicted octanol–water partition coefficient (Wildman–Crippen LogP) is 1.97. The fourth-order valence-corrected chi connectivity index (χ4v) is 1.41. The minimum atomic E-state index is -0.562. The van der Waals surface area contributed by atoms with Crippen LogP contribution in [0.2, 0.25) is 0 Å². The molecule has 4 nitrogen and oxygen atoms in total. The van der Waals surface area contributed by atoms with Gasteiger partial charge in [-0.25, -0.2) is 9.37 Å². The summed E-state index contributed by atoms with van der Waals surface area (Å²) in [4.78, 5) is 3.89. The van der Waals surface area contributed by atoms with Crippen LogP contribution in [0.5, 0.6) is 5.75 Å². The van der Waals surface area contributed by atoms with Crippen molar-refractivity contribution >= 4 is 0 Å². The minimum absolute atomic E-state index is 0.0573. The van der Waals surface area contributed by atoms with E-state index in [-0.39, 0.29) is 11.3 Å². The summed E-state index contributed by atoms with van der Waals surface area (Å²) < 4.78 is 20.4. The number of hydrogen-bond acceptors (Lipinski definition) is 3. The van der Waals surface area contributed by atoms with E-state index in [9.17, 15) is 4.39 Å². The molecule has 0 atom stereocenters.